The maximum absolute atomic E-state index is 14.1. The molecule has 12 heteroatoms. The van der Waals surface area contributed by atoms with E-state index in [9.17, 15) is 22.8 Å². The monoisotopic (exact) mass is 533 g/mol. The Morgan fingerprint density at radius 1 is 1.40 bits per heavy atom. The lowest BCUT2D eigenvalue weighted by Crippen LogP contribution is -2.46. The number of allylic oxidation sites excluding steroid dienone is 3. The Morgan fingerprint density at radius 2 is 2.11 bits per heavy atom. The van der Waals surface area contributed by atoms with Gasteiger partial charge in [0.25, 0.3) is 17.4 Å². The van der Waals surface area contributed by atoms with Crippen molar-refractivity contribution in [3.05, 3.63) is 57.6 Å². The predicted molar refractivity (Wildman–Crippen MR) is 125 cm³/mol. The molecule has 3 rings (SSSR count). The lowest BCUT2D eigenvalue weighted by atomic mass is 9.86. The van der Waals surface area contributed by atoms with E-state index in [1.54, 1.807) is 19.9 Å². The minimum absolute atomic E-state index is 0.0280. The first-order valence-electron chi connectivity index (χ1n) is 10.7. The number of hydrogen-bond donors (Lipinski definition) is 1. The van der Waals surface area contributed by atoms with Gasteiger partial charge in [0.05, 0.1) is 5.71 Å². The van der Waals surface area contributed by atoms with Crippen molar-refractivity contribution in [2.45, 2.75) is 45.0 Å². The number of carbonyl (C=O) groups excluding carboxylic acids is 2. The number of likely N-dealkylation sites (N-methyl/N-ethyl adjacent to an activating group) is 1. The number of aryl methyl sites for hydroxylation is 1. The van der Waals surface area contributed by atoms with Crippen LogP contribution in [-0.4, -0.2) is 59.4 Å². The van der Waals surface area contributed by atoms with Crippen LogP contribution < -0.4 is 5.32 Å². The zero-order valence-electron chi connectivity index (χ0n) is 19.2. The number of oxime groups is 1. The molecule has 0 spiro atoms. The van der Waals surface area contributed by atoms with Crippen molar-refractivity contribution in [1.29, 1.82) is 0 Å². The maximum atomic E-state index is 14.1. The molecule has 0 aromatic heterocycles. The van der Waals surface area contributed by atoms with Gasteiger partial charge >= 0.3 is 6.18 Å². The summed E-state index contributed by atoms with van der Waals surface area (Å²) in [5.74, 6) is -0.800. The molecule has 7 nitrogen and oxygen atoms in total. The van der Waals surface area contributed by atoms with E-state index in [4.69, 9.17) is 32.9 Å². The van der Waals surface area contributed by atoms with E-state index in [1.807, 2.05) is 0 Å². The van der Waals surface area contributed by atoms with Gasteiger partial charge in [-0.25, -0.2) is 5.06 Å². The Kier molecular flexibility index (Phi) is 8.18. The minimum atomic E-state index is -4.77. The van der Waals surface area contributed by atoms with Crippen molar-refractivity contribution in [2.24, 2.45) is 5.16 Å². The Bertz CT molecular complexity index is 1100. The third-order valence-electron chi connectivity index (χ3n) is 5.79. The summed E-state index contributed by atoms with van der Waals surface area (Å²) in [6, 6.07) is 3.70. The lowest BCUT2D eigenvalue weighted by molar-refractivity contribution is -0.253. The van der Waals surface area contributed by atoms with Gasteiger partial charge in [-0.15, -0.1) is 11.6 Å². The van der Waals surface area contributed by atoms with E-state index in [1.165, 1.54) is 30.2 Å². The van der Waals surface area contributed by atoms with Gasteiger partial charge in [0.1, 0.15) is 12.6 Å². The average Bonchev–Trinajstić information content (AvgIpc) is 3.39. The third-order valence-corrected chi connectivity index (χ3v) is 6.20. The highest BCUT2D eigenvalue weighted by Crippen LogP contribution is 2.46. The molecule has 1 unspecified atom stereocenters. The predicted octanol–water partition coefficient (Wildman–Crippen LogP) is 4.62. The largest absolute Gasteiger partial charge is 0.435 e. The summed E-state index contributed by atoms with van der Waals surface area (Å²) in [5.41, 5.74) is -1.65. The summed E-state index contributed by atoms with van der Waals surface area (Å²) in [6.45, 7) is 5.03. The number of carbonyl (C=O) groups is 2. The highest BCUT2D eigenvalue weighted by molar-refractivity contribution is 6.32. The van der Waals surface area contributed by atoms with E-state index < -0.39 is 30.1 Å². The molecule has 1 saturated heterocycles. The lowest BCUT2D eigenvalue weighted by Gasteiger charge is -2.30. The number of rotatable bonds is 7. The van der Waals surface area contributed by atoms with Crippen LogP contribution in [0.25, 0.3) is 0 Å². The summed E-state index contributed by atoms with van der Waals surface area (Å²) in [7, 11) is 0. The van der Waals surface area contributed by atoms with E-state index in [2.05, 4.69) is 10.5 Å². The van der Waals surface area contributed by atoms with Crippen LogP contribution in [0.4, 0.5) is 13.2 Å². The molecule has 2 aliphatic heterocycles. The second-order valence-electron chi connectivity index (χ2n) is 8.09. The van der Waals surface area contributed by atoms with Crippen molar-refractivity contribution in [3.8, 4) is 0 Å². The highest BCUT2D eigenvalue weighted by atomic mass is 35.5. The van der Waals surface area contributed by atoms with Crippen LogP contribution >= 0.6 is 23.2 Å². The second-order valence-corrected chi connectivity index (χ2v) is 8.83. The van der Waals surface area contributed by atoms with Gasteiger partial charge in [-0.05, 0) is 55.7 Å². The summed E-state index contributed by atoms with van der Waals surface area (Å²) >= 11 is 11.5. The molecule has 2 heterocycles. The van der Waals surface area contributed by atoms with Crippen molar-refractivity contribution in [2.75, 3.05) is 19.0 Å². The minimum Gasteiger partial charge on any atom is -0.374 e. The first-order valence-corrected chi connectivity index (χ1v) is 11.6. The topological polar surface area (TPSA) is 80.2 Å². The van der Waals surface area contributed by atoms with Crippen LogP contribution in [0.2, 0.25) is 0 Å². The normalized spacial score (nSPS) is 23.4. The van der Waals surface area contributed by atoms with Gasteiger partial charge in [0, 0.05) is 29.4 Å². The van der Waals surface area contributed by atoms with Gasteiger partial charge < -0.3 is 10.2 Å². The van der Waals surface area contributed by atoms with Crippen LogP contribution in [0, 0.1) is 6.92 Å². The zero-order valence-corrected chi connectivity index (χ0v) is 20.7. The molecule has 0 bridgehead atoms. The molecule has 35 heavy (non-hydrogen) atoms. The number of amides is 2. The molecule has 1 aromatic carbocycles. The zero-order chi connectivity index (χ0) is 26.0. The molecule has 2 atom stereocenters. The Morgan fingerprint density at radius 3 is 2.69 bits per heavy atom. The van der Waals surface area contributed by atoms with Crippen LogP contribution in [0.15, 0.2) is 46.1 Å². The Labute approximate surface area is 210 Å². The number of nitrogens with one attached hydrogen (secondary N) is 1. The molecule has 1 aromatic rings. The molecule has 2 amide bonds. The molecule has 0 saturated carbocycles. The first-order chi connectivity index (χ1) is 16.4. The maximum Gasteiger partial charge on any atom is 0.435 e. The Hall–Kier alpha value is -2.56. The third kappa shape index (κ3) is 5.49. The average molecular weight is 534 g/mol. The van der Waals surface area contributed by atoms with Crippen molar-refractivity contribution in [3.63, 3.8) is 0 Å². The van der Waals surface area contributed by atoms with E-state index >= 15 is 0 Å². The van der Waals surface area contributed by atoms with Gasteiger partial charge in [0.15, 0.2) is 0 Å². The number of hydrogen-bond acceptors (Lipinski definition) is 5. The summed E-state index contributed by atoms with van der Waals surface area (Å²) in [4.78, 5) is 35.1. The molecule has 0 aliphatic carbocycles. The van der Waals surface area contributed by atoms with E-state index in [0.717, 1.165) is 6.08 Å². The van der Waals surface area contributed by atoms with Gasteiger partial charge in [-0.3, -0.25) is 14.4 Å². The van der Waals surface area contributed by atoms with Crippen LogP contribution in [-0.2, 0) is 14.5 Å². The standard InChI is InChI=1S/C23H24Cl2F3N3O4/c1-4-31-21(33)19(12-34-31)29-20(32)17-6-5-15(9-13(17)2)18-11-22(35-30-18,23(26,27)28)14(3)10-16(25)7-8-24/h5-7,9-10,19H,4,8,11-12H2,1-3H3,(H,29,32)/b14-10+,16-7+/t19?,22-/m0/s1. The smallest absolute Gasteiger partial charge is 0.374 e. The molecular weight excluding hydrogens is 510 g/mol. The quantitative estimate of drug-likeness (QED) is 0.409. The van der Waals surface area contributed by atoms with Crippen molar-refractivity contribution >= 4 is 40.7 Å². The number of halogens is 5. The van der Waals surface area contributed by atoms with Crippen LogP contribution in [0.1, 0.15) is 41.8 Å². The number of hydroxylamine groups is 2. The van der Waals surface area contributed by atoms with Crippen molar-refractivity contribution in [1.82, 2.24) is 10.4 Å². The van der Waals surface area contributed by atoms with Crippen LogP contribution in [0.5, 0.6) is 0 Å². The van der Waals surface area contributed by atoms with Crippen molar-refractivity contribution < 1.29 is 32.4 Å². The van der Waals surface area contributed by atoms with Gasteiger partial charge in [-0.1, -0.05) is 28.9 Å². The molecule has 190 valence electrons. The molecule has 1 fully saturated rings. The fourth-order valence-electron chi connectivity index (χ4n) is 3.79. The molecule has 0 radical (unpaired) electrons. The van der Waals surface area contributed by atoms with Gasteiger partial charge in [-0.2, -0.15) is 13.2 Å². The second kappa shape index (κ2) is 10.6. The number of alkyl halides is 4. The first kappa shape index (κ1) is 27.0. The van der Waals surface area contributed by atoms with Gasteiger partial charge in [0.2, 0.25) is 0 Å². The molecule has 2 aliphatic rings. The summed E-state index contributed by atoms with van der Waals surface area (Å²) in [6.07, 6.45) is -2.82. The van der Waals surface area contributed by atoms with E-state index in [0.29, 0.717) is 17.7 Å². The van der Waals surface area contributed by atoms with E-state index in [-0.39, 0.29) is 40.3 Å². The fraction of sp³-hybridized carbons (Fsp3) is 0.435. The summed E-state index contributed by atoms with van der Waals surface area (Å²) < 4.78 is 42.3. The molecule has 1 N–H and O–H groups in total. The Balaban J connectivity index is 1.80. The van der Waals surface area contributed by atoms with Crippen LogP contribution in [0.3, 0.4) is 0 Å². The highest BCUT2D eigenvalue weighted by Gasteiger charge is 2.62. The molecular formula is C23H24Cl2F3N3O4. The fourth-order valence-corrected chi connectivity index (χ4v) is 4.27. The SMILES string of the molecule is CCN1OCC(NC(=O)c2ccc(C3=NO[C@@](/C(C)=C/C(Cl)=C\CCl)(C(F)(F)F)C3)cc2C)C1=O. The number of benzene rings is 1. The summed E-state index contributed by atoms with van der Waals surface area (Å²) in [5, 5.41) is 7.57. The number of nitrogens with zero attached hydrogens (tertiary/aromatic N) is 2.